The number of aromatic nitrogens is 3. The molecule has 1 atom stereocenters. The zero-order valence-electron chi connectivity index (χ0n) is 12.5. The van der Waals surface area contributed by atoms with Crippen LogP contribution in [0.4, 0.5) is 0 Å². The van der Waals surface area contributed by atoms with Crippen molar-refractivity contribution in [1.82, 2.24) is 20.1 Å². The molecule has 1 heterocycles. The van der Waals surface area contributed by atoms with E-state index in [0.717, 1.165) is 18.8 Å². The van der Waals surface area contributed by atoms with Crippen molar-refractivity contribution < 1.29 is 0 Å². The fourth-order valence-electron chi connectivity index (χ4n) is 2.78. The van der Waals surface area contributed by atoms with Gasteiger partial charge in [0.25, 0.3) is 0 Å². The molecular weight excluding hydrogens is 260 g/mol. The van der Waals surface area contributed by atoms with Crippen LogP contribution >= 0.6 is 0 Å². The molecule has 21 heavy (non-hydrogen) atoms. The van der Waals surface area contributed by atoms with E-state index < -0.39 is 0 Å². The van der Waals surface area contributed by atoms with Crippen LogP contribution in [0.25, 0.3) is 10.8 Å². The van der Waals surface area contributed by atoms with E-state index in [4.69, 9.17) is 0 Å². The minimum atomic E-state index is 0.240. The minimum Gasteiger partial charge on any atom is -0.310 e. The van der Waals surface area contributed by atoms with Crippen molar-refractivity contribution in [1.29, 1.82) is 0 Å². The molecule has 1 aromatic heterocycles. The fraction of sp³-hybridized carbons (Fsp3) is 0.294. The van der Waals surface area contributed by atoms with Crippen LogP contribution in [0.3, 0.4) is 0 Å². The number of aryl methyl sites for hydroxylation is 1. The molecule has 3 rings (SSSR count). The van der Waals surface area contributed by atoms with Gasteiger partial charge >= 0.3 is 0 Å². The van der Waals surface area contributed by atoms with Crippen molar-refractivity contribution >= 4 is 10.8 Å². The van der Waals surface area contributed by atoms with Gasteiger partial charge in [-0.05, 0) is 22.9 Å². The summed E-state index contributed by atoms with van der Waals surface area (Å²) in [6.45, 7) is 3.06. The van der Waals surface area contributed by atoms with E-state index in [9.17, 15) is 0 Å². The standard InChI is InChI=1S/C17H20N4/c1-3-18-16(11-17-19-12-20-21(17)2)15-10-6-8-13-7-4-5-9-14(13)15/h4-10,12,16,18H,3,11H2,1-2H3. The second-order valence-corrected chi connectivity index (χ2v) is 5.18. The Morgan fingerprint density at radius 2 is 1.95 bits per heavy atom. The molecule has 0 aliphatic heterocycles. The van der Waals surface area contributed by atoms with Gasteiger partial charge in [0.15, 0.2) is 0 Å². The third-order valence-electron chi connectivity index (χ3n) is 3.84. The Bertz CT molecular complexity index is 727. The quantitative estimate of drug-likeness (QED) is 0.781. The van der Waals surface area contributed by atoms with E-state index >= 15 is 0 Å². The van der Waals surface area contributed by atoms with Gasteiger partial charge in [-0.25, -0.2) is 4.98 Å². The lowest BCUT2D eigenvalue weighted by atomic mass is 9.96. The van der Waals surface area contributed by atoms with Crippen LogP contribution in [0, 0.1) is 0 Å². The lowest BCUT2D eigenvalue weighted by Crippen LogP contribution is -2.24. The molecule has 108 valence electrons. The van der Waals surface area contributed by atoms with Gasteiger partial charge in [-0.15, -0.1) is 0 Å². The van der Waals surface area contributed by atoms with Crippen molar-refractivity contribution in [3.63, 3.8) is 0 Å². The zero-order chi connectivity index (χ0) is 14.7. The maximum absolute atomic E-state index is 4.36. The number of rotatable bonds is 5. The number of nitrogens with one attached hydrogen (secondary N) is 1. The largest absolute Gasteiger partial charge is 0.310 e. The van der Waals surface area contributed by atoms with Crippen LogP contribution < -0.4 is 5.32 Å². The monoisotopic (exact) mass is 280 g/mol. The van der Waals surface area contributed by atoms with Crippen LogP contribution in [0.1, 0.15) is 24.4 Å². The zero-order valence-corrected chi connectivity index (χ0v) is 12.5. The lowest BCUT2D eigenvalue weighted by molar-refractivity contribution is 0.525. The van der Waals surface area contributed by atoms with Crippen molar-refractivity contribution in [3.8, 4) is 0 Å². The predicted molar refractivity (Wildman–Crippen MR) is 85.1 cm³/mol. The van der Waals surface area contributed by atoms with Crippen molar-refractivity contribution in [2.24, 2.45) is 7.05 Å². The van der Waals surface area contributed by atoms with Crippen LogP contribution in [-0.4, -0.2) is 21.3 Å². The number of fused-ring (bicyclic) bond motifs is 1. The maximum Gasteiger partial charge on any atom is 0.138 e. The molecule has 0 aliphatic carbocycles. The topological polar surface area (TPSA) is 42.7 Å². The molecule has 0 fully saturated rings. The molecule has 0 radical (unpaired) electrons. The molecule has 0 saturated heterocycles. The van der Waals surface area contributed by atoms with E-state index in [0.29, 0.717) is 0 Å². The first-order valence-electron chi connectivity index (χ1n) is 7.33. The van der Waals surface area contributed by atoms with Crippen molar-refractivity contribution in [2.75, 3.05) is 6.54 Å². The van der Waals surface area contributed by atoms with Crippen LogP contribution in [0.15, 0.2) is 48.8 Å². The summed E-state index contributed by atoms with van der Waals surface area (Å²) in [6, 6.07) is 15.2. The highest BCUT2D eigenvalue weighted by Gasteiger charge is 2.16. The van der Waals surface area contributed by atoms with Gasteiger partial charge < -0.3 is 5.32 Å². The molecule has 4 nitrogen and oxygen atoms in total. The van der Waals surface area contributed by atoms with Gasteiger partial charge in [0, 0.05) is 19.5 Å². The molecule has 1 N–H and O–H groups in total. The van der Waals surface area contributed by atoms with E-state index in [-0.39, 0.29) is 6.04 Å². The number of hydrogen-bond acceptors (Lipinski definition) is 3. The molecule has 1 unspecified atom stereocenters. The number of nitrogens with zero attached hydrogens (tertiary/aromatic N) is 3. The minimum absolute atomic E-state index is 0.240. The third-order valence-corrected chi connectivity index (χ3v) is 3.84. The molecule has 0 amide bonds. The van der Waals surface area contributed by atoms with Gasteiger partial charge in [0.1, 0.15) is 12.2 Å². The molecule has 0 bridgehead atoms. The molecule has 2 aromatic carbocycles. The molecule has 0 spiro atoms. The number of hydrogen-bond donors (Lipinski definition) is 1. The predicted octanol–water partition coefficient (Wildman–Crippen LogP) is 2.86. The molecule has 4 heteroatoms. The Hall–Kier alpha value is -2.20. The Morgan fingerprint density at radius 1 is 1.14 bits per heavy atom. The Morgan fingerprint density at radius 3 is 2.71 bits per heavy atom. The summed E-state index contributed by atoms with van der Waals surface area (Å²) in [6.07, 6.45) is 2.44. The molecule has 3 aromatic rings. The van der Waals surface area contributed by atoms with E-state index in [1.54, 1.807) is 6.33 Å². The molecular formula is C17H20N4. The fourth-order valence-corrected chi connectivity index (χ4v) is 2.78. The SMILES string of the molecule is CCNC(Cc1ncnn1C)c1cccc2ccccc12. The van der Waals surface area contributed by atoms with Crippen LogP contribution in [0.2, 0.25) is 0 Å². The first kappa shape index (κ1) is 13.8. The second-order valence-electron chi connectivity index (χ2n) is 5.18. The number of likely N-dealkylation sites (N-methyl/N-ethyl adjacent to an activating group) is 1. The highest BCUT2D eigenvalue weighted by Crippen LogP contribution is 2.26. The first-order chi connectivity index (χ1) is 10.3. The lowest BCUT2D eigenvalue weighted by Gasteiger charge is -2.20. The van der Waals surface area contributed by atoms with Gasteiger partial charge in [-0.1, -0.05) is 49.4 Å². The van der Waals surface area contributed by atoms with Gasteiger partial charge in [-0.2, -0.15) is 5.10 Å². The second kappa shape index (κ2) is 6.06. The normalized spacial score (nSPS) is 12.7. The van der Waals surface area contributed by atoms with Gasteiger partial charge in [0.05, 0.1) is 0 Å². The summed E-state index contributed by atoms with van der Waals surface area (Å²) in [7, 11) is 1.94. The summed E-state index contributed by atoms with van der Waals surface area (Å²) in [5.41, 5.74) is 1.32. The summed E-state index contributed by atoms with van der Waals surface area (Å²) in [5.74, 6) is 0.994. The number of benzene rings is 2. The van der Waals surface area contributed by atoms with Crippen molar-refractivity contribution in [3.05, 3.63) is 60.2 Å². The Labute approximate surface area is 124 Å². The summed E-state index contributed by atoms with van der Waals surface area (Å²) in [5, 5.41) is 10.3. The van der Waals surface area contributed by atoms with E-state index in [1.807, 2.05) is 11.7 Å². The first-order valence-corrected chi connectivity index (χ1v) is 7.33. The summed E-state index contributed by atoms with van der Waals surface area (Å²) in [4.78, 5) is 4.36. The summed E-state index contributed by atoms with van der Waals surface area (Å²) >= 11 is 0. The van der Waals surface area contributed by atoms with Crippen LogP contribution in [-0.2, 0) is 13.5 Å². The van der Waals surface area contributed by atoms with E-state index in [1.165, 1.54) is 16.3 Å². The summed E-state index contributed by atoms with van der Waals surface area (Å²) < 4.78 is 1.84. The molecule has 0 saturated carbocycles. The molecule has 0 aliphatic rings. The Balaban J connectivity index is 2.01. The maximum atomic E-state index is 4.36. The van der Waals surface area contributed by atoms with Gasteiger partial charge in [0.2, 0.25) is 0 Å². The van der Waals surface area contributed by atoms with Crippen LogP contribution in [0.5, 0.6) is 0 Å². The highest BCUT2D eigenvalue weighted by molar-refractivity contribution is 5.86. The Kier molecular flexibility index (Phi) is 3.97. The van der Waals surface area contributed by atoms with Crippen molar-refractivity contribution in [2.45, 2.75) is 19.4 Å². The average molecular weight is 280 g/mol. The third kappa shape index (κ3) is 2.81. The average Bonchev–Trinajstić information content (AvgIpc) is 2.91. The van der Waals surface area contributed by atoms with E-state index in [2.05, 4.69) is 64.8 Å². The highest BCUT2D eigenvalue weighted by atomic mass is 15.3. The smallest absolute Gasteiger partial charge is 0.138 e. The van der Waals surface area contributed by atoms with Gasteiger partial charge in [-0.3, -0.25) is 4.68 Å².